The summed E-state index contributed by atoms with van der Waals surface area (Å²) in [5.74, 6) is -0.302. The lowest BCUT2D eigenvalue weighted by Crippen LogP contribution is -2.28. The normalized spacial score (nSPS) is 14.8. The Balaban J connectivity index is 1.66. The Kier molecular flexibility index (Phi) is 4.57. The van der Waals surface area contributed by atoms with Gasteiger partial charge in [-0.3, -0.25) is 14.2 Å². The van der Waals surface area contributed by atoms with Crippen LogP contribution < -0.4 is 5.32 Å². The first-order valence-electron chi connectivity index (χ1n) is 8.22. The third kappa shape index (κ3) is 3.85. The third-order valence-electron chi connectivity index (χ3n) is 4.37. The van der Waals surface area contributed by atoms with Crippen molar-refractivity contribution in [2.24, 2.45) is 0 Å². The molecule has 0 spiro atoms. The number of carbonyl (C=O) groups excluding carboxylic acids is 1. The zero-order valence-corrected chi connectivity index (χ0v) is 14.1. The van der Waals surface area contributed by atoms with Crippen LogP contribution in [0.15, 0.2) is 12.3 Å². The van der Waals surface area contributed by atoms with Gasteiger partial charge in [-0.05, 0) is 32.8 Å². The molecule has 9 heteroatoms. The molecule has 25 heavy (non-hydrogen) atoms. The molecule has 0 aliphatic heterocycles. The van der Waals surface area contributed by atoms with E-state index >= 15 is 0 Å². The van der Waals surface area contributed by atoms with Crippen LogP contribution in [0, 0.1) is 6.92 Å². The van der Waals surface area contributed by atoms with Crippen LogP contribution in [0.4, 0.5) is 13.2 Å². The maximum atomic E-state index is 12.9. The molecule has 1 N–H and O–H groups in total. The highest BCUT2D eigenvalue weighted by molar-refractivity contribution is 5.75. The van der Waals surface area contributed by atoms with E-state index in [1.165, 1.54) is 4.68 Å². The van der Waals surface area contributed by atoms with Crippen LogP contribution >= 0.6 is 0 Å². The van der Waals surface area contributed by atoms with Crippen LogP contribution in [0.25, 0.3) is 0 Å². The molecule has 1 saturated carbocycles. The van der Waals surface area contributed by atoms with Crippen molar-refractivity contribution in [1.29, 1.82) is 0 Å². The number of amides is 1. The lowest BCUT2D eigenvalue weighted by atomic mass is 10.2. The minimum Gasteiger partial charge on any atom is -0.350 e. The minimum atomic E-state index is -4.50. The molecule has 0 aromatic carbocycles. The monoisotopic (exact) mass is 355 g/mol. The van der Waals surface area contributed by atoms with E-state index in [1.807, 2.05) is 18.5 Å². The summed E-state index contributed by atoms with van der Waals surface area (Å²) in [5, 5.41) is 10.5. The molecular formula is C16H20F3N5O. The minimum absolute atomic E-state index is 0.0708. The molecular weight excluding hydrogens is 335 g/mol. The molecule has 0 atom stereocenters. The van der Waals surface area contributed by atoms with Gasteiger partial charge in [0.25, 0.3) is 0 Å². The highest BCUT2D eigenvalue weighted by Gasteiger charge is 2.38. The van der Waals surface area contributed by atoms with Gasteiger partial charge in [-0.25, -0.2) is 0 Å². The molecule has 3 rings (SSSR count). The summed E-state index contributed by atoms with van der Waals surface area (Å²) in [7, 11) is 0. The summed E-state index contributed by atoms with van der Waals surface area (Å²) in [6.07, 6.45) is -1.15. The molecule has 2 heterocycles. The summed E-state index contributed by atoms with van der Waals surface area (Å²) < 4.78 is 41.6. The highest BCUT2D eigenvalue weighted by atomic mass is 19.4. The maximum absolute atomic E-state index is 12.9. The van der Waals surface area contributed by atoms with Crippen LogP contribution in [0.1, 0.15) is 48.3 Å². The van der Waals surface area contributed by atoms with Crippen molar-refractivity contribution in [2.75, 3.05) is 0 Å². The second-order valence-electron chi connectivity index (χ2n) is 6.23. The van der Waals surface area contributed by atoms with E-state index in [0.717, 1.165) is 36.7 Å². The van der Waals surface area contributed by atoms with Gasteiger partial charge in [0.15, 0.2) is 5.69 Å². The van der Waals surface area contributed by atoms with Gasteiger partial charge in [-0.1, -0.05) is 0 Å². The predicted octanol–water partition coefficient (Wildman–Crippen LogP) is 2.62. The van der Waals surface area contributed by atoms with Gasteiger partial charge >= 0.3 is 6.18 Å². The summed E-state index contributed by atoms with van der Waals surface area (Å²) >= 11 is 0. The van der Waals surface area contributed by atoms with Crippen LogP contribution in [0.5, 0.6) is 0 Å². The zero-order chi connectivity index (χ0) is 18.2. The fourth-order valence-corrected chi connectivity index (χ4v) is 2.77. The van der Waals surface area contributed by atoms with Crippen LogP contribution in [0.2, 0.25) is 0 Å². The molecule has 0 unspecified atom stereocenters. The van der Waals surface area contributed by atoms with Gasteiger partial charge in [-0.2, -0.15) is 23.4 Å². The number of carbonyl (C=O) groups is 1. The van der Waals surface area contributed by atoms with Crippen molar-refractivity contribution in [3.63, 3.8) is 0 Å². The Morgan fingerprint density at radius 2 is 2.08 bits per heavy atom. The van der Waals surface area contributed by atoms with E-state index in [1.54, 1.807) is 6.20 Å². The number of hydrogen-bond donors (Lipinski definition) is 1. The van der Waals surface area contributed by atoms with Crippen molar-refractivity contribution in [2.45, 2.75) is 58.4 Å². The fourth-order valence-electron chi connectivity index (χ4n) is 2.77. The molecule has 0 bridgehead atoms. The lowest BCUT2D eigenvalue weighted by Gasteiger charge is -2.08. The first kappa shape index (κ1) is 17.5. The Morgan fingerprint density at radius 1 is 1.36 bits per heavy atom. The lowest BCUT2D eigenvalue weighted by molar-refractivity contribution is -0.141. The van der Waals surface area contributed by atoms with Crippen molar-refractivity contribution >= 4 is 5.91 Å². The quantitative estimate of drug-likeness (QED) is 0.866. The van der Waals surface area contributed by atoms with E-state index in [0.29, 0.717) is 5.69 Å². The average Bonchev–Trinajstić information content (AvgIpc) is 3.19. The van der Waals surface area contributed by atoms with Gasteiger partial charge in [0, 0.05) is 36.0 Å². The summed E-state index contributed by atoms with van der Waals surface area (Å²) in [6, 6.07) is 1.06. The number of alkyl halides is 3. The predicted molar refractivity (Wildman–Crippen MR) is 83.7 cm³/mol. The first-order valence-corrected chi connectivity index (χ1v) is 8.22. The van der Waals surface area contributed by atoms with E-state index < -0.39 is 11.9 Å². The van der Waals surface area contributed by atoms with Gasteiger partial charge in [0.05, 0.1) is 6.20 Å². The smallest absolute Gasteiger partial charge is 0.350 e. The maximum Gasteiger partial charge on any atom is 0.435 e. The number of nitrogens with one attached hydrogen (secondary N) is 1. The number of halogens is 3. The van der Waals surface area contributed by atoms with E-state index in [9.17, 15) is 18.0 Å². The molecule has 0 saturated heterocycles. The summed E-state index contributed by atoms with van der Waals surface area (Å²) in [5.41, 5.74) is 1.38. The summed E-state index contributed by atoms with van der Waals surface area (Å²) in [6.45, 7) is 4.68. The standard InChI is InChI=1S/C16H20F3N5O/c1-3-23-10(2)12(8-21-23)7-20-15(25)9-24-13(11-4-5-11)6-14(22-24)16(17,18)19/h6,8,11H,3-5,7,9H2,1-2H3,(H,20,25). The van der Waals surface area contributed by atoms with Crippen molar-refractivity contribution in [1.82, 2.24) is 24.9 Å². The Morgan fingerprint density at radius 3 is 2.64 bits per heavy atom. The fraction of sp³-hybridized carbons (Fsp3) is 0.562. The molecule has 136 valence electrons. The second kappa shape index (κ2) is 6.53. The van der Waals surface area contributed by atoms with E-state index in [-0.39, 0.29) is 24.9 Å². The third-order valence-corrected chi connectivity index (χ3v) is 4.37. The summed E-state index contributed by atoms with van der Waals surface area (Å²) in [4.78, 5) is 12.1. The Bertz CT molecular complexity index is 773. The molecule has 2 aromatic heterocycles. The van der Waals surface area contributed by atoms with Gasteiger partial charge < -0.3 is 5.32 Å². The van der Waals surface area contributed by atoms with Crippen molar-refractivity contribution in [3.8, 4) is 0 Å². The van der Waals surface area contributed by atoms with Crippen molar-refractivity contribution < 1.29 is 18.0 Å². The van der Waals surface area contributed by atoms with Gasteiger partial charge in [-0.15, -0.1) is 0 Å². The largest absolute Gasteiger partial charge is 0.435 e. The first-order chi connectivity index (χ1) is 11.8. The Labute approximate surface area is 143 Å². The number of aromatic nitrogens is 4. The van der Waals surface area contributed by atoms with E-state index in [2.05, 4.69) is 15.5 Å². The molecule has 0 radical (unpaired) electrons. The van der Waals surface area contributed by atoms with Crippen molar-refractivity contribution in [3.05, 3.63) is 34.9 Å². The van der Waals surface area contributed by atoms with Gasteiger partial charge in [0.2, 0.25) is 5.91 Å². The molecule has 2 aromatic rings. The van der Waals surface area contributed by atoms with Gasteiger partial charge in [0.1, 0.15) is 6.54 Å². The number of hydrogen-bond acceptors (Lipinski definition) is 3. The Hall–Kier alpha value is -2.32. The molecule has 1 fully saturated rings. The van der Waals surface area contributed by atoms with Crippen LogP contribution in [-0.2, 0) is 30.6 Å². The SMILES string of the molecule is CCn1ncc(CNC(=O)Cn2nc(C(F)(F)F)cc2C2CC2)c1C. The number of rotatable bonds is 6. The number of aryl methyl sites for hydroxylation is 1. The zero-order valence-electron chi connectivity index (χ0n) is 14.1. The average molecular weight is 355 g/mol. The molecule has 1 aliphatic rings. The molecule has 1 aliphatic carbocycles. The van der Waals surface area contributed by atoms with E-state index in [4.69, 9.17) is 0 Å². The molecule has 6 nitrogen and oxygen atoms in total. The topological polar surface area (TPSA) is 64.7 Å². The highest BCUT2D eigenvalue weighted by Crippen LogP contribution is 2.42. The second-order valence-corrected chi connectivity index (χ2v) is 6.23. The molecule has 1 amide bonds. The van der Waals surface area contributed by atoms with Crippen LogP contribution in [0.3, 0.4) is 0 Å². The van der Waals surface area contributed by atoms with Crippen LogP contribution in [-0.4, -0.2) is 25.5 Å². The number of nitrogens with zero attached hydrogens (tertiary/aromatic N) is 4.